The minimum atomic E-state index is -0.0886. The second-order valence-corrected chi connectivity index (χ2v) is 27.6. The molecule has 82 heavy (non-hydrogen) atoms. The van der Waals surface area contributed by atoms with E-state index in [0.717, 1.165) is 125 Å². The monoisotopic (exact) mass is 1070 g/mol. The summed E-state index contributed by atoms with van der Waals surface area (Å²) in [6, 6.07) is 69.5. The zero-order valence-electron chi connectivity index (χ0n) is 50.1. The van der Waals surface area contributed by atoms with Gasteiger partial charge in [-0.05, 0) is 163 Å². The number of benzene rings is 9. The predicted octanol–water partition coefficient (Wildman–Crippen LogP) is 20.6. The topological polar surface area (TPSA) is 44.8 Å². The molecule has 0 bridgehead atoms. The van der Waals surface area contributed by atoms with Crippen molar-refractivity contribution >= 4 is 96.8 Å². The number of nitrogens with zero attached hydrogens (tertiary/aromatic N) is 2. The van der Waals surface area contributed by atoms with Crippen molar-refractivity contribution in [1.29, 1.82) is 0 Å². The van der Waals surface area contributed by atoms with Crippen LogP contribution in [0, 0.1) is 0 Å². The number of rotatable bonds is 8. The summed E-state index contributed by atoms with van der Waals surface area (Å²) >= 11 is 0. The van der Waals surface area contributed by atoms with Gasteiger partial charge in [0, 0.05) is 67.5 Å². The first kappa shape index (κ1) is 53.1. The lowest BCUT2D eigenvalue weighted by atomic mass is 9.58. The molecule has 0 saturated carbocycles. The van der Waals surface area contributed by atoms with Crippen molar-refractivity contribution in [2.75, 3.05) is 15.1 Å². The van der Waals surface area contributed by atoms with E-state index in [-0.39, 0.29) is 27.1 Å². The molecule has 0 fully saturated rings. The van der Waals surface area contributed by atoms with E-state index in [0.29, 0.717) is 0 Å². The summed E-state index contributed by atoms with van der Waals surface area (Å²) in [6.07, 6.45) is 2.27. The summed E-state index contributed by atoms with van der Waals surface area (Å²) in [7, 11) is 2.39. The minimum Gasteiger partial charge on any atom is -0.456 e. The minimum absolute atomic E-state index is 0.00161. The van der Waals surface area contributed by atoms with Gasteiger partial charge in [0.2, 0.25) is 7.28 Å². The Balaban J connectivity index is 1.11. The highest BCUT2D eigenvalue weighted by Crippen LogP contribution is 2.52. The molecule has 1 aliphatic heterocycles. The highest BCUT2D eigenvalue weighted by molar-refractivity contribution is 6.76. The zero-order chi connectivity index (χ0) is 57.3. The van der Waals surface area contributed by atoms with Gasteiger partial charge in [-0.2, -0.15) is 0 Å². The van der Waals surface area contributed by atoms with Crippen LogP contribution in [0.2, 0.25) is 0 Å². The van der Waals surface area contributed by atoms with Crippen LogP contribution in [0.4, 0.5) is 45.7 Å². The Morgan fingerprint density at radius 3 is 1.66 bits per heavy atom. The number of para-hydroxylation sites is 2. The molecule has 1 N–H and O–H groups in total. The number of furan rings is 2. The first-order valence-electron chi connectivity index (χ1n) is 29.4. The van der Waals surface area contributed by atoms with E-state index in [2.05, 4.69) is 300 Å². The van der Waals surface area contributed by atoms with Gasteiger partial charge in [0.05, 0.1) is 5.69 Å². The third-order valence-corrected chi connectivity index (χ3v) is 17.9. The normalized spacial score (nSPS) is 14.8. The fourth-order valence-electron chi connectivity index (χ4n) is 12.9. The summed E-state index contributed by atoms with van der Waals surface area (Å²) in [5.41, 5.74) is 22.9. The van der Waals surface area contributed by atoms with E-state index in [9.17, 15) is 0 Å². The highest BCUT2D eigenvalue weighted by atomic mass is 16.4. The number of hydrogen-bond donors (Lipinski definition) is 1. The van der Waals surface area contributed by atoms with Gasteiger partial charge >= 0.3 is 0 Å². The molecule has 2 aliphatic rings. The molecule has 1 aliphatic carbocycles. The van der Waals surface area contributed by atoms with Crippen LogP contribution in [0.5, 0.6) is 0 Å². The SMILES string of the molecule is CC(C)(C)c1ccc(N(c2ccc(C(C)(C)C)cc2)c2ccc(-c3c4c(cc5oc6ccccc6c35)N(c3ccc(C(C)(C)C)cc3-c3ccccc3)c3oc5ccccc5c3[B]4)c(Nc3ccc4c(c3)C(C)(C)CCC4(C)C)c2)cc1. The first-order valence-corrected chi connectivity index (χ1v) is 29.4. The first-order chi connectivity index (χ1) is 39.0. The van der Waals surface area contributed by atoms with Gasteiger partial charge in [-0.1, -0.05) is 199 Å². The molecule has 9 aromatic carbocycles. The molecule has 0 amide bonds. The van der Waals surface area contributed by atoms with Gasteiger partial charge < -0.3 is 19.1 Å². The molecular formula is C76H75BN3O2. The number of fused-ring (bicyclic) bond motifs is 8. The lowest BCUT2D eigenvalue weighted by Gasteiger charge is -2.42. The van der Waals surface area contributed by atoms with Crippen LogP contribution in [0.1, 0.15) is 131 Å². The molecular weight excluding hydrogens is 998 g/mol. The fraction of sp³-hybridized carbons (Fsp3) is 0.263. The summed E-state index contributed by atoms with van der Waals surface area (Å²) in [5.74, 6) is 0.773. The van der Waals surface area contributed by atoms with E-state index in [1.54, 1.807) is 0 Å². The second kappa shape index (κ2) is 19.2. The Hall–Kier alpha value is -8.22. The Kier molecular flexibility index (Phi) is 12.4. The summed E-state index contributed by atoms with van der Waals surface area (Å²) in [4.78, 5) is 4.79. The van der Waals surface area contributed by atoms with Crippen LogP contribution in [-0.4, -0.2) is 7.28 Å². The Labute approximate surface area is 486 Å². The van der Waals surface area contributed by atoms with Crippen LogP contribution < -0.4 is 26.0 Å². The molecule has 409 valence electrons. The number of anilines is 8. The quantitative estimate of drug-likeness (QED) is 0.154. The molecule has 1 radical (unpaired) electrons. The van der Waals surface area contributed by atoms with Gasteiger partial charge in [-0.25, -0.2) is 0 Å². The average Bonchev–Trinajstić information content (AvgIpc) is 3.50. The third-order valence-electron chi connectivity index (χ3n) is 17.9. The van der Waals surface area contributed by atoms with Crippen molar-refractivity contribution in [3.63, 3.8) is 0 Å². The Morgan fingerprint density at radius 1 is 0.463 bits per heavy atom. The van der Waals surface area contributed by atoms with Crippen LogP contribution in [0.15, 0.2) is 197 Å². The maximum Gasteiger partial charge on any atom is 0.203 e. The van der Waals surface area contributed by atoms with Crippen molar-refractivity contribution in [3.05, 3.63) is 216 Å². The highest BCUT2D eigenvalue weighted by Gasteiger charge is 2.39. The van der Waals surface area contributed by atoms with E-state index in [1.165, 1.54) is 27.8 Å². The maximum absolute atomic E-state index is 7.12. The van der Waals surface area contributed by atoms with Gasteiger partial charge in [0.25, 0.3) is 0 Å². The summed E-state index contributed by atoms with van der Waals surface area (Å²) in [5, 5.41) is 7.37. The lowest BCUT2D eigenvalue weighted by Crippen LogP contribution is -2.40. The van der Waals surface area contributed by atoms with E-state index >= 15 is 0 Å². The molecule has 5 nitrogen and oxygen atoms in total. The summed E-state index contributed by atoms with van der Waals surface area (Å²) in [6.45, 7) is 30.2. The number of hydrogen-bond acceptors (Lipinski definition) is 5. The second-order valence-electron chi connectivity index (χ2n) is 27.6. The number of nitrogens with one attached hydrogen (secondary N) is 1. The standard InChI is InChI=1S/C76H75BN3O2/c1-72(2,3)48-27-33-52(34-28-48)79(53-35-29-49(30-36-53)73(4,5)6)54-37-38-55(61(45-54)78-51-32-39-59-60(44-51)76(12,13)42-41-75(59,10)11)68-67-56-23-17-19-25-64(56)81-66(67)46-63-70(68)77-69-57-24-18-20-26-65(57)82-71(69)80(63)62-40-31-50(74(7,8)9)43-58(62)47-21-15-14-16-22-47/h14-40,43-46,78H,41-42H2,1-13H3. The van der Waals surface area contributed by atoms with Crippen molar-refractivity contribution < 1.29 is 8.83 Å². The van der Waals surface area contributed by atoms with Crippen molar-refractivity contribution in [1.82, 2.24) is 0 Å². The lowest BCUT2D eigenvalue weighted by molar-refractivity contribution is 0.332. The molecule has 6 heteroatoms. The zero-order valence-corrected chi connectivity index (χ0v) is 50.1. The molecule has 13 rings (SSSR count). The Morgan fingerprint density at radius 2 is 1.02 bits per heavy atom. The van der Waals surface area contributed by atoms with Gasteiger partial charge in [0.15, 0.2) is 5.88 Å². The summed E-state index contributed by atoms with van der Waals surface area (Å²) < 4.78 is 14.2. The van der Waals surface area contributed by atoms with Crippen molar-refractivity contribution in [2.45, 2.75) is 130 Å². The van der Waals surface area contributed by atoms with Gasteiger partial charge in [-0.15, -0.1) is 0 Å². The molecule has 0 spiro atoms. The predicted molar refractivity (Wildman–Crippen MR) is 350 cm³/mol. The largest absolute Gasteiger partial charge is 0.456 e. The van der Waals surface area contributed by atoms with Gasteiger partial charge in [-0.3, -0.25) is 4.90 Å². The van der Waals surface area contributed by atoms with E-state index in [4.69, 9.17) is 8.83 Å². The van der Waals surface area contributed by atoms with Crippen LogP contribution >= 0.6 is 0 Å². The maximum atomic E-state index is 7.12. The molecule has 3 heterocycles. The molecule has 0 saturated heterocycles. The van der Waals surface area contributed by atoms with E-state index < -0.39 is 0 Å². The fourth-order valence-corrected chi connectivity index (χ4v) is 12.9. The molecule has 0 atom stereocenters. The molecule has 11 aromatic rings. The van der Waals surface area contributed by atoms with Crippen LogP contribution in [0.3, 0.4) is 0 Å². The molecule has 0 unspecified atom stereocenters. The molecule has 2 aromatic heterocycles. The van der Waals surface area contributed by atoms with Crippen molar-refractivity contribution in [2.24, 2.45) is 0 Å². The van der Waals surface area contributed by atoms with Crippen LogP contribution in [0.25, 0.3) is 55.2 Å². The van der Waals surface area contributed by atoms with Gasteiger partial charge in [0.1, 0.15) is 16.7 Å². The smallest absolute Gasteiger partial charge is 0.203 e. The van der Waals surface area contributed by atoms with E-state index in [1.807, 2.05) is 0 Å². The Bertz CT molecular complexity index is 4210. The van der Waals surface area contributed by atoms with Crippen molar-refractivity contribution in [3.8, 4) is 22.3 Å². The average molecular weight is 1070 g/mol. The van der Waals surface area contributed by atoms with Crippen LogP contribution in [-0.2, 0) is 27.1 Å². The third kappa shape index (κ3) is 9.19.